The standard InChI is InChI=1S/C11H22N2/c1-8-7-10(8)11(13-12)9-5-3-2-4-6-9/h8-11,13H,2-7,12H2,1H3. The summed E-state index contributed by atoms with van der Waals surface area (Å²) in [5.41, 5.74) is 3.06. The Kier molecular flexibility index (Phi) is 2.89. The molecule has 3 N–H and O–H groups in total. The molecule has 0 aliphatic heterocycles. The van der Waals surface area contributed by atoms with E-state index in [1.54, 1.807) is 0 Å². The molecule has 0 bridgehead atoms. The van der Waals surface area contributed by atoms with Crippen molar-refractivity contribution in [3.8, 4) is 0 Å². The fourth-order valence-corrected chi connectivity index (χ4v) is 2.95. The van der Waals surface area contributed by atoms with Gasteiger partial charge in [-0.2, -0.15) is 0 Å². The number of hydrogen-bond acceptors (Lipinski definition) is 2. The second-order valence-electron chi connectivity index (χ2n) is 4.97. The molecular formula is C11H22N2. The first kappa shape index (κ1) is 9.47. The molecule has 0 spiro atoms. The maximum absolute atomic E-state index is 5.66. The first-order chi connectivity index (χ1) is 6.33. The van der Waals surface area contributed by atoms with Crippen LogP contribution < -0.4 is 11.3 Å². The van der Waals surface area contributed by atoms with Crippen LogP contribution in [0, 0.1) is 17.8 Å². The normalized spacial score (nSPS) is 37.4. The summed E-state index contributed by atoms with van der Waals surface area (Å²) in [5.74, 6) is 8.33. The largest absolute Gasteiger partial charge is 0.271 e. The van der Waals surface area contributed by atoms with Gasteiger partial charge < -0.3 is 0 Å². The van der Waals surface area contributed by atoms with E-state index in [4.69, 9.17) is 5.84 Å². The maximum atomic E-state index is 5.66. The summed E-state index contributed by atoms with van der Waals surface area (Å²) in [6, 6.07) is 0.621. The summed E-state index contributed by atoms with van der Waals surface area (Å²) in [4.78, 5) is 0. The van der Waals surface area contributed by atoms with Crippen LogP contribution in [0.3, 0.4) is 0 Å². The first-order valence-corrected chi connectivity index (χ1v) is 5.79. The maximum Gasteiger partial charge on any atom is 0.0269 e. The van der Waals surface area contributed by atoms with E-state index in [-0.39, 0.29) is 0 Å². The number of hydrazine groups is 1. The Hall–Kier alpha value is -0.0800. The molecule has 2 rings (SSSR count). The fraction of sp³-hybridized carbons (Fsp3) is 1.00. The monoisotopic (exact) mass is 182 g/mol. The van der Waals surface area contributed by atoms with Gasteiger partial charge in [-0.25, -0.2) is 0 Å². The molecule has 0 heterocycles. The summed E-state index contributed by atoms with van der Waals surface area (Å²) in [6.45, 7) is 2.35. The van der Waals surface area contributed by atoms with E-state index in [2.05, 4.69) is 12.3 Å². The molecule has 3 atom stereocenters. The molecule has 0 aromatic rings. The fourth-order valence-electron chi connectivity index (χ4n) is 2.95. The number of nitrogens with two attached hydrogens (primary N) is 1. The van der Waals surface area contributed by atoms with Gasteiger partial charge in [0.25, 0.3) is 0 Å². The Morgan fingerprint density at radius 2 is 1.85 bits per heavy atom. The summed E-state index contributed by atoms with van der Waals surface area (Å²) in [7, 11) is 0. The average Bonchev–Trinajstić information content (AvgIpc) is 2.86. The lowest BCUT2D eigenvalue weighted by molar-refractivity contribution is 0.244. The smallest absolute Gasteiger partial charge is 0.0269 e. The zero-order chi connectivity index (χ0) is 9.26. The molecule has 2 aliphatic carbocycles. The van der Waals surface area contributed by atoms with E-state index in [1.807, 2.05) is 0 Å². The van der Waals surface area contributed by atoms with Crippen molar-refractivity contribution in [2.24, 2.45) is 23.6 Å². The SMILES string of the molecule is CC1CC1C(NN)C1CCCCC1. The molecule has 76 valence electrons. The molecule has 0 aromatic heterocycles. The Bertz CT molecular complexity index is 163. The molecule has 0 amide bonds. The molecule has 0 radical (unpaired) electrons. The van der Waals surface area contributed by atoms with Crippen LogP contribution in [-0.4, -0.2) is 6.04 Å². The van der Waals surface area contributed by atoms with Gasteiger partial charge in [0.2, 0.25) is 0 Å². The predicted molar refractivity (Wildman–Crippen MR) is 55.0 cm³/mol. The second-order valence-corrected chi connectivity index (χ2v) is 4.97. The Balaban J connectivity index is 1.87. The molecule has 13 heavy (non-hydrogen) atoms. The van der Waals surface area contributed by atoms with Crippen molar-refractivity contribution in [2.45, 2.75) is 51.5 Å². The van der Waals surface area contributed by atoms with Gasteiger partial charge >= 0.3 is 0 Å². The van der Waals surface area contributed by atoms with Gasteiger partial charge in [-0.15, -0.1) is 0 Å². The van der Waals surface area contributed by atoms with Gasteiger partial charge in [-0.1, -0.05) is 26.2 Å². The third kappa shape index (κ3) is 2.05. The van der Waals surface area contributed by atoms with Crippen LogP contribution in [0.15, 0.2) is 0 Å². The van der Waals surface area contributed by atoms with E-state index in [0.717, 1.165) is 17.8 Å². The Morgan fingerprint density at radius 3 is 2.31 bits per heavy atom. The van der Waals surface area contributed by atoms with Crippen LogP contribution in [0.5, 0.6) is 0 Å². The number of hydrogen-bond donors (Lipinski definition) is 2. The zero-order valence-corrected chi connectivity index (χ0v) is 8.63. The van der Waals surface area contributed by atoms with Crippen LogP contribution in [0.2, 0.25) is 0 Å². The highest BCUT2D eigenvalue weighted by atomic mass is 15.2. The minimum Gasteiger partial charge on any atom is -0.271 e. The summed E-state index contributed by atoms with van der Waals surface area (Å²) in [5, 5.41) is 0. The Morgan fingerprint density at radius 1 is 1.23 bits per heavy atom. The second kappa shape index (κ2) is 3.97. The highest BCUT2D eigenvalue weighted by Crippen LogP contribution is 2.45. The van der Waals surface area contributed by atoms with E-state index >= 15 is 0 Å². The molecule has 2 heteroatoms. The van der Waals surface area contributed by atoms with E-state index < -0.39 is 0 Å². The number of nitrogens with one attached hydrogen (secondary N) is 1. The average molecular weight is 182 g/mol. The molecule has 2 fully saturated rings. The van der Waals surface area contributed by atoms with Gasteiger partial charge in [-0.05, 0) is 37.0 Å². The topological polar surface area (TPSA) is 38.0 Å². The minimum absolute atomic E-state index is 0.621. The molecule has 2 aliphatic rings. The lowest BCUT2D eigenvalue weighted by atomic mass is 9.82. The third-order valence-electron chi connectivity index (χ3n) is 3.98. The van der Waals surface area contributed by atoms with Crippen molar-refractivity contribution >= 4 is 0 Å². The van der Waals surface area contributed by atoms with Crippen LogP contribution in [-0.2, 0) is 0 Å². The first-order valence-electron chi connectivity index (χ1n) is 5.79. The van der Waals surface area contributed by atoms with Gasteiger partial charge in [0.1, 0.15) is 0 Å². The van der Waals surface area contributed by atoms with E-state index in [0.29, 0.717) is 6.04 Å². The molecule has 3 unspecified atom stereocenters. The molecule has 0 saturated heterocycles. The highest BCUT2D eigenvalue weighted by Gasteiger charge is 2.42. The van der Waals surface area contributed by atoms with Crippen LogP contribution in [0.1, 0.15) is 45.4 Å². The quantitative estimate of drug-likeness (QED) is 0.518. The van der Waals surface area contributed by atoms with Gasteiger partial charge in [0.05, 0.1) is 0 Å². The van der Waals surface area contributed by atoms with Gasteiger partial charge in [0, 0.05) is 6.04 Å². The predicted octanol–water partition coefficient (Wildman–Crippen LogP) is 2.05. The summed E-state index contributed by atoms with van der Waals surface area (Å²) < 4.78 is 0. The molecule has 0 aromatic carbocycles. The van der Waals surface area contributed by atoms with E-state index in [1.165, 1.54) is 38.5 Å². The summed E-state index contributed by atoms with van der Waals surface area (Å²) >= 11 is 0. The molecule has 2 saturated carbocycles. The van der Waals surface area contributed by atoms with Crippen LogP contribution >= 0.6 is 0 Å². The molecular weight excluding hydrogens is 160 g/mol. The van der Waals surface area contributed by atoms with E-state index in [9.17, 15) is 0 Å². The van der Waals surface area contributed by atoms with Crippen molar-refractivity contribution in [1.82, 2.24) is 5.43 Å². The Labute approximate surface area is 81.2 Å². The van der Waals surface area contributed by atoms with Gasteiger partial charge in [0.15, 0.2) is 0 Å². The lowest BCUT2D eigenvalue weighted by Crippen LogP contribution is -2.43. The van der Waals surface area contributed by atoms with Crippen LogP contribution in [0.25, 0.3) is 0 Å². The minimum atomic E-state index is 0.621. The van der Waals surface area contributed by atoms with Crippen LogP contribution in [0.4, 0.5) is 0 Å². The third-order valence-corrected chi connectivity index (χ3v) is 3.98. The van der Waals surface area contributed by atoms with Crippen molar-refractivity contribution in [3.63, 3.8) is 0 Å². The van der Waals surface area contributed by atoms with Crippen molar-refractivity contribution < 1.29 is 0 Å². The molecule has 2 nitrogen and oxygen atoms in total. The van der Waals surface area contributed by atoms with Crippen molar-refractivity contribution in [2.75, 3.05) is 0 Å². The number of rotatable bonds is 3. The highest BCUT2D eigenvalue weighted by molar-refractivity contribution is 4.95. The van der Waals surface area contributed by atoms with Crippen molar-refractivity contribution in [3.05, 3.63) is 0 Å². The lowest BCUT2D eigenvalue weighted by Gasteiger charge is -2.30. The summed E-state index contributed by atoms with van der Waals surface area (Å²) in [6.07, 6.45) is 8.48. The zero-order valence-electron chi connectivity index (χ0n) is 8.63. The van der Waals surface area contributed by atoms with Crippen molar-refractivity contribution in [1.29, 1.82) is 0 Å². The van der Waals surface area contributed by atoms with Gasteiger partial charge in [-0.3, -0.25) is 11.3 Å².